The van der Waals surface area contributed by atoms with E-state index in [2.05, 4.69) is 42.3 Å². The van der Waals surface area contributed by atoms with Gasteiger partial charge < -0.3 is 16.9 Å². The normalized spacial score (nSPS) is 32.7. The third kappa shape index (κ3) is 2.10. The zero-order valence-corrected chi connectivity index (χ0v) is 10.5. The molecule has 2 aliphatic heterocycles. The summed E-state index contributed by atoms with van der Waals surface area (Å²) in [5.74, 6) is 0. The van der Waals surface area contributed by atoms with Crippen molar-refractivity contribution in [1.82, 2.24) is 4.90 Å². The molecule has 0 radical (unpaired) electrons. The smallest absolute Gasteiger partial charge is 0.152 e. The van der Waals surface area contributed by atoms with Crippen molar-refractivity contribution in [3.05, 3.63) is 35.9 Å². The maximum atomic E-state index is 2.47. The van der Waals surface area contributed by atoms with Crippen LogP contribution in [0, 0.1) is 0 Å². The topological polar surface area (TPSA) is 3.24 Å². The monoisotopic (exact) mass is 238 g/mol. The van der Waals surface area contributed by atoms with E-state index in [4.69, 9.17) is 0 Å². The maximum Gasteiger partial charge on any atom is 0.152 e. The minimum atomic E-state index is 0. The molecule has 2 fully saturated rings. The summed E-state index contributed by atoms with van der Waals surface area (Å²) >= 11 is 0. The summed E-state index contributed by atoms with van der Waals surface area (Å²) in [5, 5.41) is 0. The van der Waals surface area contributed by atoms with Gasteiger partial charge in [0.1, 0.15) is 13.1 Å². The van der Waals surface area contributed by atoms with Gasteiger partial charge in [0, 0.05) is 12.1 Å². The van der Waals surface area contributed by atoms with E-state index in [0.29, 0.717) is 0 Å². The fourth-order valence-electron chi connectivity index (χ4n) is 2.92. The average Bonchev–Trinajstić information content (AvgIpc) is 2.93. The molecule has 3 rings (SSSR count). The SMILES string of the molecule is CN1CC[N+]2(Cc3ccccc3)CC2C1.[Cl-]. The summed E-state index contributed by atoms with van der Waals surface area (Å²) in [6.07, 6.45) is 0. The van der Waals surface area contributed by atoms with Crippen molar-refractivity contribution < 1.29 is 16.9 Å². The molecule has 0 N–H and O–H groups in total. The van der Waals surface area contributed by atoms with Crippen LogP contribution in [0.25, 0.3) is 0 Å². The van der Waals surface area contributed by atoms with E-state index < -0.39 is 0 Å². The molecule has 0 spiro atoms. The molecule has 0 bridgehead atoms. The standard InChI is InChI=1S/C13H19N2.ClH/c1-14-7-8-15(11-13(15)9-14)10-12-5-3-2-4-6-12;/h2-6,13H,7-11H2,1H3;1H/q+1;/p-1. The van der Waals surface area contributed by atoms with Crippen molar-refractivity contribution in [3.8, 4) is 0 Å². The van der Waals surface area contributed by atoms with E-state index in [1.54, 1.807) is 0 Å². The molecule has 0 aromatic heterocycles. The van der Waals surface area contributed by atoms with Gasteiger partial charge in [-0.15, -0.1) is 0 Å². The van der Waals surface area contributed by atoms with Gasteiger partial charge in [0.2, 0.25) is 0 Å². The highest BCUT2D eigenvalue weighted by atomic mass is 35.5. The van der Waals surface area contributed by atoms with E-state index in [-0.39, 0.29) is 12.4 Å². The van der Waals surface area contributed by atoms with Crippen LogP contribution in [-0.2, 0) is 6.54 Å². The van der Waals surface area contributed by atoms with Gasteiger partial charge in [-0.2, -0.15) is 0 Å². The summed E-state index contributed by atoms with van der Waals surface area (Å²) in [6, 6.07) is 11.9. The van der Waals surface area contributed by atoms with Gasteiger partial charge in [0.05, 0.1) is 13.1 Å². The summed E-state index contributed by atoms with van der Waals surface area (Å²) < 4.78 is 1.36. The van der Waals surface area contributed by atoms with E-state index in [0.717, 1.165) is 6.04 Å². The Hall–Kier alpha value is -0.570. The summed E-state index contributed by atoms with van der Waals surface area (Å²) in [7, 11) is 2.24. The molecular formula is C13H19ClN2. The molecule has 88 valence electrons. The fourth-order valence-corrected chi connectivity index (χ4v) is 2.92. The zero-order chi connectivity index (χ0) is 10.3. The Kier molecular flexibility index (Phi) is 3.24. The van der Waals surface area contributed by atoms with Crippen LogP contribution in [0.4, 0.5) is 0 Å². The lowest BCUT2D eigenvalue weighted by Crippen LogP contribution is -3.00. The lowest BCUT2D eigenvalue weighted by molar-refractivity contribution is -0.832. The molecular weight excluding hydrogens is 220 g/mol. The van der Waals surface area contributed by atoms with Crippen LogP contribution >= 0.6 is 0 Å². The van der Waals surface area contributed by atoms with Crippen LogP contribution in [0.1, 0.15) is 5.56 Å². The predicted octanol–water partition coefficient (Wildman–Crippen LogP) is -1.66. The number of piperazine rings is 1. The van der Waals surface area contributed by atoms with E-state index >= 15 is 0 Å². The van der Waals surface area contributed by atoms with Crippen LogP contribution in [-0.4, -0.2) is 48.7 Å². The van der Waals surface area contributed by atoms with Crippen molar-refractivity contribution >= 4 is 0 Å². The Labute approximate surface area is 104 Å². The van der Waals surface area contributed by atoms with E-state index in [9.17, 15) is 0 Å². The number of rotatable bonds is 2. The van der Waals surface area contributed by atoms with Crippen LogP contribution < -0.4 is 12.4 Å². The van der Waals surface area contributed by atoms with Gasteiger partial charge in [-0.05, 0) is 7.05 Å². The molecule has 2 nitrogen and oxygen atoms in total. The van der Waals surface area contributed by atoms with Crippen LogP contribution in [0.5, 0.6) is 0 Å². The zero-order valence-electron chi connectivity index (χ0n) is 9.77. The van der Waals surface area contributed by atoms with Crippen LogP contribution in [0.2, 0.25) is 0 Å². The van der Waals surface area contributed by atoms with Crippen molar-refractivity contribution in [2.75, 3.05) is 33.2 Å². The predicted molar refractivity (Wildman–Crippen MR) is 61.4 cm³/mol. The Morgan fingerprint density at radius 2 is 2.06 bits per heavy atom. The van der Waals surface area contributed by atoms with Gasteiger partial charge in [0.15, 0.2) is 6.04 Å². The fraction of sp³-hybridized carbons (Fsp3) is 0.538. The highest BCUT2D eigenvalue weighted by molar-refractivity contribution is 5.14. The molecule has 2 atom stereocenters. The van der Waals surface area contributed by atoms with Crippen molar-refractivity contribution in [3.63, 3.8) is 0 Å². The molecule has 0 saturated carbocycles. The first-order valence-corrected chi connectivity index (χ1v) is 5.87. The molecule has 0 aliphatic carbocycles. The molecule has 16 heavy (non-hydrogen) atoms. The number of fused-ring (bicyclic) bond motifs is 1. The third-order valence-corrected chi connectivity index (χ3v) is 4.01. The number of hydrogen-bond donors (Lipinski definition) is 0. The minimum Gasteiger partial charge on any atom is -1.00 e. The summed E-state index contributed by atoms with van der Waals surface area (Å²) in [4.78, 5) is 2.47. The second-order valence-electron chi connectivity index (χ2n) is 5.18. The largest absolute Gasteiger partial charge is 1.00 e. The number of nitrogens with zero attached hydrogens (tertiary/aromatic N) is 2. The van der Waals surface area contributed by atoms with E-state index in [1.165, 1.54) is 42.8 Å². The van der Waals surface area contributed by atoms with Crippen molar-refractivity contribution in [2.45, 2.75) is 12.6 Å². The second-order valence-corrected chi connectivity index (χ2v) is 5.18. The first-order chi connectivity index (χ1) is 7.28. The van der Waals surface area contributed by atoms with E-state index in [1.807, 2.05) is 0 Å². The average molecular weight is 239 g/mol. The highest BCUT2D eigenvalue weighted by Crippen LogP contribution is 2.36. The van der Waals surface area contributed by atoms with Crippen LogP contribution in [0.15, 0.2) is 30.3 Å². The number of benzene rings is 1. The quantitative estimate of drug-likeness (QED) is 0.440. The molecule has 2 saturated heterocycles. The first kappa shape index (κ1) is 11.9. The number of likely N-dealkylation sites (N-methyl/N-ethyl adjacent to an activating group) is 1. The first-order valence-electron chi connectivity index (χ1n) is 5.87. The Bertz CT molecular complexity index is 354. The Morgan fingerprint density at radius 1 is 1.31 bits per heavy atom. The maximum absolute atomic E-state index is 2.47. The van der Waals surface area contributed by atoms with Gasteiger partial charge in [0.25, 0.3) is 0 Å². The van der Waals surface area contributed by atoms with Gasteiger partial charge in [-0.3, -0.25) is 4.90 Å². The van der Waals surface area contributed by atoms with Gasteiger partial charge >= 0.3 is 0 Å². The van der Waals surface area contributed by atoms with Crippen molar-refractivity contribution in [1.29, 1.82) is 0 Å². The minimum absolute atomic E-state index is 0. The summed E-state index contributed by atoms with van der Waals surface area (Å²) in [5.41, 5.74) is 1.50. The molecule has 1 aromatic rings. The Balaban J connectivity index is 0.000000963. The van der Waals surface area contributed by atoms with Crippen LogP contribution in [0.3, 0.4) is 0 Å². The number of hydrogen-bond acceptors (Lipinski definition) is 1. The van der Waals surface area contributed by atoms with Gasteiger partial charge in [-0.25, -0.2) is 0 Å². The molecule has 1 aromatic carbocycles. The number of halogens is 1. The number of quaternary nitrogens is 1. The molecule has 2 unspecified atom stereocenters. The lowest BCUT2D eigenvalue weighted by atomic mass is 10.2. The molecule has 2 aliphatic rings. The molecule has 3 heteroatoms. The molecule has 2 heterocycles. The molecule has 0 amide bonds. The second kappa shape index (κ2) is 4.36. The summed E-state index contributed by atoms with van der Waals surface area (Å²) in [6.45, 7) is 6.56. The third-order valence-electron chi connectivity index (χ3n) is 4.01. The van der Waals surface area contributed by atoms with Crippen molar-refractivity contribution in [2.24, 2.45) is 0 Å². The lowest BCUT2D eigenvalue weighted by Gasteiger charge is -2.29. The Morgan fingerprint density at radius 3 is 2.75 bits per heavy atom. The highest BCUT2D eigenvalue weighted by Gasteiger charge is 2.56. The van der Waals surface area contributed by atoms with Gasteiger partial charge in [-0.1, -0.05) is 30.3 Å².